The van der Waals surface area contributed by atoms with Gasteiger partial charge in [0.2, 0.25) is 0 Å². The minimum absolute atomic E-state index is 0.0453. The van der Waals surface area contributed by atoms with E-state index in [1.807, 2.05) is 13.8 Å². The normalized spacial score (nSPS) is 26.1. The van der Waals surface area contributed by atoms with Crippen molar-refractivity contribution < 1.29 is 19.0 Å². The van der Waals surface area contributed by atoms with Crippen LogP contribution in [0.25, 0.3) is 0 Å². The van der Waals surface area contributed by atoms with E-state index < -0.39 is 5.97 Å². The summed E-state index contributed by atoms with van der Waals surface area (Å²) in [5.74, 6) is 0.0702. The summed E-state index contributed by atoms with van der Waals surface area (Å²) in [6.45, 7) is 4.06. The first-order valence-electron chi connectivity index (χ1n) is 6.80. The van der Waals surface area contributed by atoms with Crippen molar-refractivity contribution in [1.29, 1.82) is 0 Å². The summed E-state index contributed by atoms with van der Waals surface area (Å²) in [6.07, 6.45) is 1.99. The second-order valence-corrected chi connectivity index (χ2v) is 5.18. The molecule has 2 N–H and O–H groups in total. The smallest absolute Gasteiger partial charge is 0.340 e. The maximum atomic E-state index is 11.6. The van der Waals surface area contributed by atoms with E-state index in [1.54, 1.807) is 18.2 Å². The highest BCUT2D eigenvalue weighted by Gasteiger charge is 2.26. The summed E-state index contributed by atoms with van der Waals surface area (Å²) in [7, 11) is 1.33. The van der Waals surface area contributed by atoms with Crippen molar-refractivity contribution in [2.45, 2.75) is 45.0 Å². The molecule has 1 aliphatic rings. The Morgan fingerprint density at radius 2 is 1.95 bits per heavy atom. The third-order valence-electron chi connectivity index (χ3n) is 3.42. The molecule has 1 heterocycles. The summed E-state index contributed by atoms with van der Waals surface area (Å²) in [6, 6.07) is 5.14. The zero-order valence-corrected chi connectivity index (χ0v) is 12.1. The fourth-order valence-corrected chi connectivity index (χ4v) is 2.55. The SMILES string of the molecule is COC(=O)c1cccc(OC2CC(C)OC(C)C2)c1N. The van der Waals surface area contributed by atoms with E-state index in [-0.39, 0.29) is 18.3 Å². The lowest BCUT2D eigenvalue weighted by molar-refractivity contribution is -0.0720. The lowest BCUT2D eigenvalue weighted by Crippen LogP contribution is -2.35. The van der Waals surface area contributed by atoms with Crippen LogP contribution in [0.2, 0.25) is 0 Å². The van der Waals surface area contributed by atoms with Crippen molar-refractivity contribution in [2.75, 3.05) is 12.8 Å². The first-order valence-corrected chi connectivity index (χ1v) is 6.80. The van der Waals surface area contributed by atoms with Crippen LogP contribution in [0.3, 0.4) is 0 Å². The Morgan fingerprint density at radius 1 is 1.30 bits per heavy atom. The van der Waals surface area contributed by atoms with Gasteiger partial charge in [-0.2, -0.15) is 0 Å². The van der Waals surface area contributed by atoms with Gasteiger partial charge in [-0.3, -0.25) is 0 Å². The van der Waals surface area contributed by atoms with Gasteiger partial charge in [-0.05, 0) is 26.0 Å². The van der Waals surface area contributed by atoms with Crippen molar-refractivity contribution >= 4 is 11.7 Å². The van der Waals surface area contributed by atoms with E-state index in [9.17, 15) is 4.79 Å². The second-order valence-electron chi connectivity index (χ2n) is 5.18. The van der Waals surface area contributed by atoms with Crippen LogP contribution < -0.4 is 10.5 Å². The maximum Gasteiger partial charge on any atom is 0.340 e. The summed E-state index contributed by atoms with van der Waals surface area (Å²) >= 11 is 0. The number of esters is 1. The molecule has 0 aromatic heterocycles. The molecule has 2 atom stereocenters. The lowest BCUT2D eigenvalue weighted by atomic mass is 10.0. The van der Waals surface area contributed by atoms with Crippen LogP contribution in [-0.4, -0.2) is 31.4 Å². The monoisotopic (exact) mass is 279 g/mol. The topological polar surface area (TPSA) is 70.8 Å². The van der Waals surface area contributed by atoms with E-state index in [0.717, 1.165) is 12.8 Å². The zero-order chi connectivity index (χ0) is 14.7. The Bertz CT molecular complexity index is 479. The van der Waals surface area contributed by atoms with Crippen LogP contribution in [-0.2, 0) is 9.47 Å². The molecular formula is C15H21NO4. The molecular weight excluding hydrogens is 258 g/mol. The molecule has 1 fully saturated rings. The van der Waals surface area contributed by atoms with E-state index >= 15 is 0 Å². The lowest BCUT2D eigenvalue weighted by Gasteiger charge is -2.32. The first kappa shape index (κ1) is 14.7. The van der Waals surface area contributed by atoms with Gasteiger partial charge in [-0.15, -0.1) is 0 Å². The Morgan fingerprint density at radius 3 is 2.55 bits per heavy atom. The van der Waals surface area contributed by atoms with Crippen molar-refractivity contribution in [1.82, 2.24) is 0 Å². The number of para-hydroxylation sites is 1. The van der Waals surface area contributed by atoms with Gasteiger partial charge in [0, 0.05) is 12.8 Å². The van der Waals surface area contributed by atoms with Crippen LogP contribution in [0, 0.1) is 0 Å². The number of carbonyl (C=O) groups excluding carboxylic acids is 1. The predicted octanol–water partition coefficient (Wildman–Crippen LogP) is 2.39. The molecule has 110 valence electrons. The average molecular weight is 279 g/mol. The van der Waals surface area contributed by atoms with Gasteiger partial charge < -0.3 is 19.9 Å². The predicted molar refractivity (Wildman–Crippen MR) is 75.9 cm³/mol. The summed E-state index contributed by atoms with van der Waals surface area (Å²) in [5, 5.41) is 0. The van der Waals surface area contributed by atoms with E-state index in [1.165, 1.54) is 7.11 Å². The van der Waals surface area contributed by atoms with Gasteiger partial charge in [0.15, 0.2) is 0 Å². The number of carbonyl (C=O) groups is 1. The Hall–Kier alpha value is -1.75. The van der Waals surface area contributed by atoms with Crippen LogP contribution in [0.15, 0.2) is 18.2 Å². The number of hydrogen-bond acceptors (Lipinski definition) is 5. The van der Waals surface area contributed by atoms with E-state index in [4.69, 9.17) is 19.9 Å². The molecule has 1 aromatic carbocycles. The minimum atomic E-state index is -0.457. The third kappa shape index (κ3) is 3.22. The number of nitrogens with two attached hydrogens (primary N) is 1. The summed E-state index contributed by atoms with van der Waals surface area (Å²) in [4.78, 5) is 11.6. The standard InChI is InChI=1S/C15H21NO4/c1-9-7-11(8-10(2)19-9)20-13-6-4-5-12(14(13)16)15(17)18-3/h4-6,9-11H,7-8,16H2,1-3H3. The Kier molecular flexibility index (Phi) is 4.49. The molecule has 20 heavy (non-hydrogen) atoms. The van der Waals surface area contributed by atoms with Crippen molar-refractivity contribution in [2.24, 2.45) is 0 Å². The van der Waals surface area contributed by atoms with Crippen molar-refractivity contribution in [3.63, 3.8) is 0 Å². The molecule has 0 radical (unpaired) electrons. The van der Waals surface area contributed by atoms with Crippen LogP contribution in [0.1, 0.15) is 37.0 Å². The van der Waals surface area contributed by atoms with Gasteiger partial charge in [0.1, 0.15) is 11.9 Å². The highest BCUT2D eigenvalue weighted by atomic mass is 16.5. The van der Waals surface area contributed by atoms with Gasteiger partial charge in [0.25, 0.3) is 0 Å². The largest absolute Gasteiger partial charge is 0.488 e. The number of nitrogen functional groups attached to an aromatic ring is 1. The molecule has 1 aliphatic heterocycles. The average Bonchev–Trinajstić information content (AvgIpc) is 2.39. The molecule has 2 rings (SSSR count). The van der Waals surface area contributed by atoms with Gasteiger partial charge in [-0.1, -0.05) is 6.07 Å². The molecule has 2 unspecified atom stereocenters. The van der Waals surface area contributed by atoms with Crippen LogP contribution in [0.4, 0.5) is 5.69 Å². The number of ether oxygens (including phenoxy) is 3. The molecule has 5 nitrogen and oxygen atoms in total. The number of hydrogen-bond donors (Lipinski definition) is 1. The molecule has 0 aliphatic carbocycles. The molecule has 0 saturated carbocycles. The minimum Gasteiger partial charge on any atom is -0.488 e. The number of benzene rings is 1. The molecule has 0 spiro atoms. The van der Waals surface area contributed by atoms with Crippen molar-refractivity contribution in [3.05, 3.63) is 23.8 Å². The maximum absolute atomic E-state index is 11.6. The van der Waals surface area contributed by atoms with E-state index in [2.05, 4.69) is 0 Å². The van der Waals surface area contributed by atoms with Crippen LogP contribution >= 0.6 is 0 Å². The van der Waals surface area contributed by atoms with Gasteiger partial charge >= 0.3 is 5.97 Å². The first-order chi connectivity index (χ1) is 9.51. The zero-order valence-electron chi connectivity index (χ0n) is 12.1. The van der Waals surface area contributed by atoms with Crippen LogP contribution in [0.5, 0.6) is 5.75 Å². The van der Waals surface area contributed by atoms with Gasteiger partial charge in [0.05, 0.1) is 30.6 Å². The highest BCUT2D eigenvalue weighted by molar-refractivity contribution is 5.96. The molecule has 0 amide bonds. The molecule has 1 aromatic rings. The Labute approximate surface area is 119 Å². The van der Waals surface area contributed by atoms with Crippen molar-refractivity contribution in [3.8, 4) is 5.75 Å². The number of anilines is 1. The molecule has 5 heteroatoms. The Balaban J connectivity index is 2.15. The van der Waals surface area contributed by atoms with Gasteiger partial charge in [-0.25, -0.2) is 4.79 Å². The fourth-order valence-electron chi connectivity index (χ4n) is 2.55. The molecule has 0 bridgehead atoms. The summed E-state index contributed by atoms with van der Waals surface area (Å²) < 4.78 is 16.3. The molecule has 1 saturated heterocycles. The summed E-state index contributed by atoms with van der Waals surface area (Å²) in [5.41, 5.74) is 6.65. The highest BCUT2D eigenvalue weighted by Crippen LogP contribution is 2.30. The second kappa shape index (κ2) is 6.13. The third-order valence-corrected chi connectivity index (χ3v) is 3.42. The quantitative estimate of drug-likeness (QED) is 0.679. The number of methoxy groups -OCH3 is 1. The number of rotatable bonds is 3. The van der Waals surface area contributed by atoms with E-state index in [0.29, 0.717) is 17.0 Å². The fraction of sp³-hybridized carbons (Fsp3) is 0.533.